The van der Waals surface area contributed by atoms with Crippen molar-refractivity contribution in [2.75, 3.05) is 7.11 Å². The first kappa shape index (κ1) is 11.0. The highest BCUT2D eigenvalue weighted by Gasteiger charge is 2.08. The molecule has 2 nitrogen and oxygen atoms in total. The maximum atomic E-state index is 6.19. The van der Waals surface area contributed by atoms with Gasteiger partial charge in [-0.25, -0.2) is 0 Å². The maximum Gasteiger partial charge on any atom is 0.123 e. The van der Waals surface area contributed by atoms with Gasteiger partial charge in [-0.1, -0.05) is 17.7 Å². The van der Waals surface area contributed by atoms with E-state index in [1.165, 1.54) is 0 Å². The number of halogens is 1. The average Bonchev–Trinajstić information content (AvgIpc) is 2.32. The van der Waals surface area contributed by atoms with Gasteiger partial charge < -0.3 is 4.74 Å². The van der Waals surface area contributed by atoms with E-state index in [2.05, 4.69) is 4.98 Å². The molecule has 2 rings (SSSR count). The Morgan fingerprint density at radius 3 is 2.69 bits per heavy atom. The van der Waals surface area contributed by atoms with Gasteiger partial charge in [-0.3, -0.25) is 4.98 Å². The maximum absolute atomic E-state index is 6.19. The largest absolute Gasteiger partial charge is 0.496 e. The van der Waals surface area contributed by atoms with Gasteiger partial charge in [0.2, 0.25) is 0 Å². The molecule has 0 aliphatic rings. The Balaban J connectivity index is 2.55. The summed E-state index contributed by atoms with van der Waals surface area (Å²) in [6.45, 7) is 1.99. The molecule has 16 heavy (non-hydrogen) atoms. The zero-order valence-corrected chi connectivity index (χ0v) is 9.95. The van der Waals surface area contributed by atoms with Gasteiger partial charge >= 0.3 is 0 Å². The predicted octanol–water partition coefficient (Wildman–Crippen LogP) is 3.72. The molecular formula is C13H12ClNO. The van der Waals surface area contributed by atoms with Crippen molar-refractivity contribution in [3.63, 3.8) is 0 Å². The number of pyridine rings is 1. The van der Waals surface area contributed by atoms with Crippen molar-refractivity contribution in [3.05, 3.63) is 47.1 Å². The normalized spacial score (nSPS) is 10.2. The van der Waals surface area contributed by atoms with E-state index >= 15 is 0 Å². The van der Waals surface area contributed by atoms with Crippen molar-refractivity contribution in [3.8, 4) is 17.0 Å². The zero-order valence-electron chi connectivity index (χ0n) is 9.20. The molecule has 0 bridgehead atoms. The van der Waals surface area contributed by atoms with E-state index in [-0.39, 0.29) is 0 Å². The fraction of sp³-hybridized carbons (Fsp3) is 0.154. The molecule has 1 heterocycles. The van der Waals surface area contributed by atoms with Crippen LogP contribution >= 0.6 is 11.6 Å². The molecule has 0 radical (unpaired) electrons. The fourth-order valence-corrected chi connectivity index (χ4v) is 1.85. The second-order valence-corrected chi connectivity index (χ2v) is 3.92. The highest BCUT2D eigenvalue weighted by molar-refractivity contribution is 6.33. The summed E-state index contributed by atoms with van der Waals surface area (Å²) < 4.78 is 5.21. The van der Waals surface area contributed by atoms with E-state index in [1.54, 1.807) is 13.3 Å². The number of nitrogens with zero attached hydrogens (tertiary/aromatic N) is 1. The molecular weight excluding hydrogens is 222 g/mol. The first-order valence-corrected chi connectivity index (χ1v) is 5.35. The molecule has 0 aliphatic carbocycles. The Bertz CT molecular complexity index is 497. The summed E-state index contributed by atoms with van der Waals surface area (Å²) >= 11 is 6.19. The number of benzene rings is 1. The lowest BCUT2D eigenvalue weighted by molar-refractivity contribution is 0.412. The number of hydrogen-bond donors (Lipinski definition) is 0. The number of hydrogen-bond acceptors (Lipinski definition) is 2. The Hall–Kier alpha value is -1.54. The lowest BCUT2D eigenvalue weighted by Gasteiger charge is -2.09. The third-order valence-corrected chi connectivity index (χ3v) is 2.74. The molecule has 0 spiro atoms. The SMILES string of the molecule is COc1cc(Cl)c(-c2ccccn2)cc1C. The van der Waals surface area contributed by atoms with Gasteiger partial charge in [-0.15, -0.1) is 0 Å². The minimum absolute atomic E-state index is 0.654. The van der Waals surface area contributed by atoms with E-state index < -0.39 is 0 Å². The van der Waals surface area contributed by atoms with Crippen molar-refractivity contribution in [2.45, 2.75) is 6.92 Å². The summed E-state index contributed by atoms with van der Waals surface area (Å²) in [6.07, 6.45) is 1.76. The minimum atomic E-state index is 0.654. The third kappa shape index (κ3) is 2.02. The molecule has 3 heteroatoms. The van der Waals surface area contributed by atoms with Crippen molar-refractivity contribution < 1.29 is 4.74 Å². The predicted molar refractivity (Wildman–Crippen MR) is 66.0 cm³/mol. The van der Waals surface area contributed by atoms with Gasteiger partial charge in [-0.05, 0) is 36.8 Å². The molecule has 0 aliphatic heterocycles. The number of methoxy groups -OCH3 is 1. The van der Waals surface area contributed by atoms with Crippen LogP contribution < -0.4 is 4.74 Å². The van der Waals surface area contributed by atoms with E-state index in [9.17, 15) is 0 Å². The molecule has 1 aromatic carbocycles. The standard InChI is InChI=1S/C13H12ClNO/c1-9-7-10(11(14)8-13(9)16-2)12-5-3-4-6-15-12/h3-8H,1-2H3. The quantitative estimate of drug-likeness (QED) is 0.789. The average molecular weight is 234 g/mol. The van der Waals surface area contributed by atoms with Crippen LogP contribution in [-0.4, -0.2) is 12.1 Å². The summed E-state index contributed by atoms with van der Waals surface area (Å²) in [5.41, 5.74) is 2.85. The van der Waals surface area contributed by atoms with Crippen LogP contribution in [0.3, 0.4) is 0 Å². The van der Waals surface area contributed by atoms with Crippen LogP contribution in [0, 0.1) is 6.92 Å². The van der Waals surface area contributed by atoms with E-state index in [4.69, 9.17) is 16.3 Å². The Kier molecular flexibility index (Phi) is 3.11. The molecule has 1 aromatic heterocycles. The molecule has 0 unspecified atom stereocenters. The van der Waals surface area contributed by atoms with Gasteiger partial charge in [0.15, 0.2) is 0 Å². The third-order valence-electron chi connectivity index (χ3n) is 2.43. The van der Waals surface area contributed by atoms with Crippen molar-refractivity contribution >= 4 is 11.6 Å². The Morgan fingerprint density at radius 2 is 2.06 bits per heavy atom. The van der Waals surface area contributed by atoms with Crippen LogP contribution in [0.2, 0.25) is 5.02 Å². The van der Waals surface area contributed by atoms with E-state index in [0.29, 0.717) is 5.02 Å². The number of rotatable bonds is 2. The second kappa shape index (κ2) is 4.54. The van der Waals surface area contributed by atoms with Crippen LogP contribution in [-0.2, 0) is 0 Å². The Labute approximate surface area is 99.9 Å². The summed E-state index contributed by atoms with van der Waals surface area (Å²) in [4.78, 5) is 4.28. The van der Waals surface area contributed by atoms with Gasteiger partial charge in [0, 0.05) is 11.8 Å². The van der Waals surface area contributed by atoms with E-state index in [0.717, 1.165) is 22.6 Å². The Morgan fingerprint density at radius 1 is 1.25 bits per heavy atom. The zero-order chi connectivity index (χ0) is 11.5. The molecule has 2 aromatic rings. The van der Waals surface area contributed by atoms with Gasteiger partial charge in [-0.2, -0.15) is 0 Å². The number of aromatic nitrogens is 1. The van der Waals surface area contributed by atoms with Crippen molar-refractivity contribution in [1.29, 1.82) is 0 Å². The lowest BCUT2D eigenvalue weighted by Crippen LogP contribution is -1.90. The van der Waals surface area contributed by atoms with Crippen molar-refractivity contribution in [2.24, 2.45) is 0 Å². The smallest absolute Gasteiger partial charge is 0.123 e. The first-order valence-electron chi connectivity index (χ1n) is 4.98. The van der Waals surface area contributed by atoms with Gasteiger partial charge in [0.1, 0.15) is 5.75 Å². The van der Waals surface area contributed by atoms with E-state index in [1.807, 2.05) is 37.3 Å². The molecule has 0 N–H and O–H groups in total. The summed E-state index contributed by atoms with van der Waals surface area (Å²) in [6, 6.07) is 9.57. The first-order chi connectivity index (χ1) is 7.72. The highest BCUT2D eigenvalue weighted by atomic mass is 35.5. The lowest BCUT2D eigenvalue weighted by atomic mass is 10.1. The number of ether oxygens (including phenoxy) is 1. The van der Waals surface area contributed by atoms with Crippen LogP contribution in [0.1, 0.15) is 5.56 Å². The van der Waals surface area contributed by atoms with Crippen LogP contribution in [0.4, 0.5) is 0 Å². The van der Waals surface area contributed by atoms with Crippen LogP contribution in [0.5, 0.6) is 5.75 Å². The molecule has 0 amide bonds. The molecule has 0 fully saturated rings. The summed E-state index contributed by atoms with van der Waals surface area (Å²) in [5.74, 6) is 0.796. The summed E-state index contributed by atoms with van der Waals surface area (Å²) in [7, 11) is 1.64. The topological polar surface area (TPSA) is 22.1 Å². The van der Waals surface area contributed by atoms with Crippen LogP contribution in [0.25, 0.3) is 11.3 Å². The fourth-order valence-electron chi connectivity index (χ4n) is 1.60. The second-order valence-electron chi connectivity index (χ2n) is 3.52. The van der Waals surface area contributed by atoms with Gasteiger partial charge in [0.05, 0.1) is 17.8 Å². The molecule has 0 saturated heterocycles. The molecule has 0 atom stereocenters. The number of aryl methyl sites for hydroxylation is 1. The highest BCUT2D eigenvalue weighted by Crippen LogP contribution is 2.32. The molecule has 0 saturated carbocycles. The van der Waals surface area contributed by atoms with Crippen molar-refractivity contribution in [1.82, 2.24) is 4.98 Å². The van der Waals surface area contributed by atoms with Crippen LogP contribution in [0.15, 0.2) is 36.5 Å². The molecule has 82 valence electrons. The summed E-state index contributed by atoms with van der Waals surface area (Å²) in [5, 5.41) is 0.654. The van der Waals surface area contributed by atoms with Gasteiger partial charge in [0.25, 0.3) is 0 Å². The monoisotopic (exact) mass is 233 g/mol. The minimum Gasteiger partial charge on any atom is -0.496 e.